The highest BCUT2D eigenvalue weighted by molar-refractivity contribution is 5.97. The minimum absolute atomic E-state index is 0.0176. The van der Waals surface area contributed by atoms with Crippen LogP contribution in [0.25, 0.3) is 56.0 Å². The van der Waals surface area contributed by atoms with E-state index >= 15 is 0 Å². The number of aromatic nitrogens is 7. The van der Waals surface area contributed by atoms with Crippen LogP contribution in [0.3, 0.4) is 0 Å². The first kappa shape index (κ1) is 23.0. The molecule has 39 heavy (non-hydrogen) atoms. The van der Waals surface area contributed by atoms with Gasteiger partial charge in [0.25, 0.3) is 0 Å². The Morgan fingerprint density at radius 3 is 2.82 bits per heavy atom. The summed E-state index contributed by atoms with van der Waals surface area (Å²) >= 11 is 0. The van der Waals surface area contributed by atoms with Crippen molar-refractivity contribution in [3.63, 3.8) is 0 Å². The van der Waals surface area contributed by atoms with Crippen molar-refractivity contribution < 1.29 is 13.9 Å². The largest absolute Gasteiger partial charge is 0.497 e. The van der Waals surface area contributed by atoms with Gasteiger partial charge in [0.2, 0.25) is 5.91 Å². The molecule has 3 N–H and O–H groups in total. The number of rotatable bonds is 6. The van der Waals surface area contributed by atoms with Crippen LogP contribution in [0.2, 0.25) is 0 Å². The lowest BCUT2D eigenvalue weighted by Crippen LogP contribution is -2.13. The second-order valence-corrected chi connectivity index (χ2v) is 9.44. The van der Waals surface area contributed by atoms with Crippen molar-refractivity contribution in [2.75, 3.05) is 12.4 Å². The lowest BCUT2D eigenvalue weighted by molar-refractivity contribution is -0.117. The third-order valence-corrected chi connectivity index (χ3v) is 6.73. The number of benzene rings is 1. The summed E-state index contributed by atoms with van der Waals surface area (Å²) in [6.07, 6.45) is 8.50. The second kappa shape index (κ2) is 8.98. The standard InChI is InChI=1S/C28H21FN8O2/c1-39-19-8-15(6-17(29)9-19)20-4-5-31-26-24(20)34-27(35-26)25-21-10-22(32-13-23(21)36-37-25)16-7-18(12-30-11-16)33-28(38)14-2-3-14/h4-14H,2-3H2,1H3,(H,33,38)(H,36,37)(H,31,34,35). The zero-order valence-corrected chi connectivity index (χ0v) is 20.7. The van der Waals surface area contributed by atoms with Gasteiger partial charge in [-0.1, -0.05) is 0 Å². The highest BCUT2D eigenvalue weighted by Crippen LogP contribution is 2.34. The third-order valence-electron chi connectivity index (χ3n) is 6.73. The molecule has 0 bridgehead atoms. The minimum Gasteiger partial charge on any atom is -0.497 e. The molecule has 0 unspecified atom stereocenters. The number of H-pyrrole nitrogens is 2. The zero-order chi connectivity index (χ0) is 26.5. The number of carbonyl (C=O) groups excluding carboxylic acids is 1. The van der Waals surface area contributed by atoms with Crippen molar-refractivity contribution in [2.24, 2.45) is 5.92 Å². The summed E-state index contributed by atoms with van der Waals surface area (Å²) in [5.41, 5.74) is 5.85. The van der Waals surface area contributed by atoms with Crippen molar-refractivity contribution >= 4 is 33.7 Å². The summed E-state index contributed by atoms with van der Waals surface area (Å²) in [5, 5.41) is 11.2. The Morgan fingerprint density at radius 2 is 1.97 bits per heavy atom. The first-order valence-electron chi connectivity index (χ1n) is 12.4. The van der Waals surface area contributed by atoms with Gasteiger partial charge in [0.15, 0.2) is 11.5 Å². The molecule has 10 nitrogen and oxygen atoms in total. The number of nitrogens with zero attached hydrogens (tertiary/aromatic N) is 5. The second-order valence-electron chi connectivity index (χ2n) is 9.44. The molecule has 7 rings (SSSR count). The van der Waals surface area contributed by atoms with E-state index < -0.39 is 5.82 Å². The molecular weight excluding hydrogens is 499 g/mol. The van der Waals surface area contributed by atoms with E-state index in [9.17, 15) is 9.18 Å². The molecule has 5 aromatic heterocycles. The molecule has 0 saturated heterocycles. The topological polar surface area (TPSA) is 134 Å². The minimum atomic E-state index is -0.405. The number of amides is 1. The summed E-state index contributed by atoms with van der Waals surface area (Å²) < 4.78 is 19.5. The van der Waals surface area contributed by atoms with E-state index in [1.807, 2.05) is 12.1 Å². The molecule has 1 aromatic carbocycles. The molecule has 1 aliphatic rings. The highest BCUT2D eigenvalue weighted by Gasteiger charge is 2.29. The number of halogens is 1. The van der Waals surface area contributed by atoms with Gasteiger partial charge in [-0.2, -0.15) is 5.10 Å². The Balaban J connectivity index is 1.28. The molecule has 0 atom stereocenters. The highest BCUT2D eigenvalue weighted by atomic mass is 19.1. The van der Waals surface area contributed by atoms with Crippen molar-refractivity contribution in [3.8, 4) is 39.7 Å². The van der Waals surface area contributed by atoms with Crippen LogP contribution >= 0.6 is 0 Å². The van der Waals surface area contributed by atoms with Crippen LogP contribution in [0.5, 0.6) is 5.75 Å². The van der Waals surface area contributed by atoms with E-state index in [1.54, 1.807) is 36.9 Å². The fraction of sp³-hybridized carbons (Fsp3) is 0.143. The van der Waals surface area contributed by atoms with Crippen LogP contribution in [-0.4, -0.2) is 48.1 Å². The van der Waals surface area contributed by atoms with E-state index in [4.69, 9.17) is 4.74 Å². The van der Waals surface area contributed by atoms with Gasteiger partial charge in [0.1, 0.15) is 17.3 Å². The van der Waals surface area contributed by atoms with Crippen LogP contribution in [0.4, 0.5) is 10.1 Å². The van der Waals surface area contributed by atoms with Crippen LogP contribution in [0.15, 0.2) is 61.2 Å². The van der Waals surface area contributed by atoms with Crippen LogP contribution in [-0.2, 0) is 4.79 Å². The van der Waals surface area contributed by atoms with Gasteiger partial charge in [-0.25, -0.2) is 14.4 Å². The monoisotopic (exact) mass is 520 g/mol. The predicted octanol–water partition coefficient (Wildman–Crippen LogP) is 5.12. The van der Waals surface area contributed by atoms with E-state index in [0.29, 0.717) is 45.4 Å². The fourth-order valence-electron chi connectivity index (χ4n) is 4.59. The number of methoxy groups -OCH3 is 1. The Bertz CT molecular complexity index is 1890. The number of hydrogen-bond acceptors (Lipinski definition) is 7. The summed E-state index contributed by atoms with van der Waals surface area (Å²) in [6.45, 7) is 0. The Labute approximate surface area is 220 Å². The number of fused-ring (bicyclic) bond motifs is 2. The number of carbonyl (C=O) groups is 1. The number of pyridine rings is 3. The molecule has 0 radical (unpaired) electrons. The number of ether oxygens (including phenoxy) is 1. The number of imidazole rings is 1. The number of aromatic amines is 2. The summed E-state index contributed by atoms with van der Waals surface area (Å²) in [5.74, 6) is 0.624. The lowest BCUT2D eigenvalue weighted by Gasteiger charge is -2.06. The molecule has 0 aliphatic heterocycles. The first-order chi connectivity index (χ1) is 19.1. The third kappa shape index (κ3) is 4.23. The van der Waals surface area contributed by atoms with E-state index in [2.05, 4.69) is 40.4 Å². The molecule has 0 spiro atoms. The fourth-order valence-corrected chi connectivity index (χ4v) is 4.59. The Hall–Kier alpha value is -5.19. The lowest BCUT2D eigenvalue weighted by atomic mass is 10.1. The number of hydrogen-bond donors (Lipinski definition) is 3. The summed E-state index contributed by atoms with van der Waals surface area (Å²) in [4.78, 5) is 33.4. The number of nitrogens with one attached hydrogen (secondary N) is 3. The van der Waals surface area contributed by atoms with Crippen LogP contribution in [0.1, 0.15) is 12.8 Å². The molecule has 1 fully saturated rings. The van der Waals surface area contributed by atoms with Gasteiger partial charge in [-0.05, 0) is 48.7 Å². The smallest absolute Gasteiger partial charge is 0.227 e. The normalized spacial score (nSPS) is 13.2. The van der Waals surface area contributed by atoms with Gasteiger partial charge < -0.3 is 15.0 Å². The first-order valence-corrected chi connectivity index (χ1v) is 12.4. The molecule has 5 heterocycles. The van der Waals surface area contributed by atoms with Gasteiger partial charge in [0, 0.05) is 40.9 Å². The van der Waals surface area contributed by atoms with Gasteiger partial charge in [0.05, 0.1) is 41.9 Å². The predicted molar refractivity (Wildman–Crippen MR) is 143 cm³/mol. The number of anilines is 1. The van der Waals surface area contributed by atoms with E-state index in [1.165, 1.54) is 19.2 Å². The quantitative estimate of drug-likeness (QED) is 0.277. The van der Waals surface area contributed by atoms with Gasteiger partial charge in [-0.3, -0.25) is 19.9 Å². The van der Waals surface area contributed by atoms with Crippen LogP contribution in [0, 0.1) is 11.7 Å². The van der Waals surface area contributed by atoms with Gasteiger partial charge >= 0.3 is 0 Å². The van der Waals surface area contributed by atoms with Crippen LogP contribution < -0.4 is 10.1 Å². The van der Waals surface area contributed by atoms with Crippen molar-refractivity contribution in [1.82, 2.24) is 35.1 Å². The van der Waals surface area contributed by atoms with Crippen molar-refractivity contribution in [3.05, 3.63) is 67.0 Å². The molecule has 1 aliphatic carbocycles. The van der Waals surface area contributed by atoms with Gasteiger partial charge in [-0.15, -0.1) is 0 Å². The SMILES string of the molecule is COc1cc(F)cc(-c2ccnc3nc(-c4n[nH]c5cnc(-c6cncc(NC(=O)C7CC7)c6)cc45)[nH]c23)c1. The molecule has 192 valence electrons. The maximum absolute atomic E-state index is 14.2. The maximum Gasteiger partial charge on any atom is 0.227 e. The average Bonchev–Trinajstić information content (AvgIpc) is 3.58. The van der Waals surface area contributed by atoms with E-state index in [-0.39, 0.29) is 11.8 Å². The molecule has 1 saturated carbocycles. The average molecular weight is 521 g/mol. The Kier molecular flexibility index (Phi) is 5.29. The Morgan fingerprint density at radius 1 is 1.08 bits per heavy atom. The molecular formula is C28H21FN8O2. The zero-order valence-electron chi connectivity index (χ0n) is 20.7. The molecule has 6 aromatic rings. The van der Waals surface area contributed by atoms with E-state index in [0.717, 1.165) is 34.9 Å². The molecule has 11 heteroatoms. The van der Waals surface area contributed by atoms with Crippen molar-refractivity contribution in [2.45, 2.75) is 12.8 Å². The summed E-state index contributed by atoms with van der Waals surface area (Å²) in [7, 11) is 1.50. The maximum atomic E-state index is 14.2. The molecule has 1 amide bonds. The summed E-state index contributed by atoms with van der Waals surface area (Å²) in [6, 6.07) is 10.1. The van der Waals surface area contributed by atoms with Crippen molar-refractivity contribution in [1.29, 1.82) is 0 Å².